The number of likely N-dealkylation sites (tertiary alicyclic amines) is 1. The molecule has 5 rings (SSSR count). The van der Waals surface area contributed by atoms with Gasteiger partial charge in [-0.3, -0.25) is 34.0 Å². The standard InChI is InChI=1S/C43H56N4O8/c1-32-27-37(29-47-16-7-6-13-39(47)43(52)53)40(28-36(32)15-14-34-11-8-12-38(33(34)2)35-9-4-3-5-10-35)55-26-25-54-24-23-44-17-19-45(30-41(48)49)21-22-46(20-18-44)31-42(50)51/h3-5,8-12,14-15,27-28,39H,6-7,13,16-26,29-31H2,1-2H3,(H,48,49)(H,50,51)(H,52,53)/b15-14+/t39-/m0/s1. The molecule has 12 nitrogen and oxygen atoms in total. The van der Waals surface area contributed by atoms with Crippen molar-refractivity contribution in [1.82, 2.24) is 19.6 Å². The summed E-state index contributed by atoms with van der Waals surface area (Å²) in [5, 5.41) is 28.6. The van der Waals surface area contributed by atoms with Crippen LogP contribution in [0, 0.1) is 13.8 Å². The minimum absolute atomic E-state index is 0.0864. The maximum Gasteiger partial charge on any atom is 0.320 e. The topological polar surface area (TPSA) is 143 Å². The van der Waals surface area contributed by atoms with E-state index in [0.717, 1.165) is 41.6 Å². The molecule has 0 unspecified atom stereocenters. The van der Waals surface area contributed by atoms with Gasteiger partial charge in [-0.15, -0.1) is 0 Å². The third-order valence-electron chi connectivity index (χ3n) is 10.6. The van der Waals surface area contributed by atoms with Crippen LogP contribution >= 0.6 is 0 Å². The van der Waals surface area contributed by atoms with Crippen LogP contribution in [0.25, 0.3) is 23.3 Å². The van der Waals surface area contributed by atoms with Crippen LogP contribution in [0.3, 0.4) is 0 Å². The van der Waals surface area contributed by atoms with Gasteiger partial charge < -0.3 is 24.8 Å². The molecule has 2 aliphatic rings. The van der Waals surface area contributed by atoms with Gasteiger partial charge in [0.15, 0.2) is 0 Å². The Labute approximate surface area is 324 Å². The zero-order chi connectivity index (χ0) is 39.2. The van der Waals surface area contributed by atoms with Crippen LogP contribution in [0.15, 0.2) is 60.7 Å². The Kier molecular flexibility index (Phi) is 15.8. The number of benzene rings is 3. The first-order chi connectivity index (χ1) is 26.6. The molecular weight excluding hydrogens is 700 g/mol. The van der Waals surface area contributed by atoms with Crippen LogP contribution < -0.4 is 4.74 Å². The molecule has 296 valence electrons. The van der Waals surface area contributed by atoms with Gasteiger partial charge in [0.1, 0.15) is 18.4 Å². The lowest BCUT2D eigenvalue weighted by Gasteiger charge is -2.33. The van der Waals surface area contributed by atoms with Crippen LogP contribution in [0.1, 0.15) is 47.1 Å². The van der Waals surface area contributed by atoms with Gasteiger partial charge in [0, 0.05) is 57.9 Å². The second-order valence-electron chi connectivity index (χ2n) is 14.5. The number of carbonyl (C=O) groups is 3. The number of carboxylic acids is 3. The molecule has 2 saturated heterocycles. The fourth-order valence-electron chi connectivity index (χ4n) is 7.44. The van der Waals surface area contributed by atoms with Gasteiger partial charge in [0.2, 0.25) is 0 Å². The lowest BCUT2D eigenvalue weighted by Crippen LogP contribution is -2.44. The van der Waals surface area contributed by atoms with Crippen molar-refractivity contribution in [2.45, 2.75) is 45.7 Å². The number of carboxylic acid groups (broad SMARTS) is 3. The van der Waals surface area contributed by atoms with Crippen molar-refractivity contribution in [3.05, 3.63) is 88.5 Å². The fourth-order valence-corrected chi connectivity index (χ4v) is 7.44. The van der Waals surface area contributed by atoms with E-state index in [1.165, 1.54) is 16.7 Å². The minimum atomic E-state index is -0.903. The van der Waals surface area contributed by atoms with Gasteiger partial charge in [-0.1, -0.05) is 73.2 Å². The average molecular weight is 757 g/mol. The predicted octanol–water partition coefficient (Wildman–Crippen LogP) is 5.06. The van der Waals surface area contributed by atoms with Crippen LogP contribution in [0.2, 0.25) is 0 Å². The van der Waals surface area contributed by atoms with Gasteiger partial charge in [-0.2, -0.15) is 0 Å². The summed E-state index contributed by atoms with van der Waals surface area (Å²) in [6.45, 7) is 10.4. The molecule has 1 atom stereocenters. The molecule has 0 aromatic heterocycles. The van der Waals surface area contributed by atoms with Crippen LogP contribution in [0.4, 0.5) is 0 Å². The zero-order valence-corrected chi connectivity index (χ0v) is 32.2. The Morgan fingerprint density at radius 2 is 1.38 bits per heavy atom. The Bertz CT molecular complexity index is 1740. The summed E-state index contributed by atoms with van der Waals surface area (Å²) in [7, 11) is 0. The van der Waals surface area contributed by atoms with E-state index in [9.17, 15) is 29.7 Å². The van der Waals surface area contributed by atoms with E-state index in [0.29, 0.717) is 84.3 Å². The van der Waals surface area contributed by atoms with E-state index in [-0.39, 0.29) is 13.1 Å². The number of aryl methyl sites for hydroxylation is 1. The third kappa shape index (κ3) is 12.7. The molecule has 0 amide bonds. The second-order valence-corrected chi connectivity index (χ2v) is 14.5. The molecule has 55 heavy (non-hydrogen) atoms. The molecule has 3 aromatic carbocycles. The highest BCUT2D eigenvalue weighted by molar-refractivity contribution is 5.78. The third-order valence-corrected chi connectivity index (χ3v) is 10.6. The molecule has 0 spiro atoms. The van der Waals surface area contributed by atoms with Crippen molar-refractivity contribution in [1.29, 1.82) is 0 Å². The van der Waals surface area contributed by atoms with Crippen molar-refractivity contribution < 1.29 is 39.2 Å². The lowest BCUT2D eigenvalue weighted by molar-refractivity contribution is -0.145. The first-order valence-electron chi connectivity index (χ1n) is 19.3. The first-order valence-corrected chi connectivity index (χ1v) is 19.3. The van der Waals surface area contributed by atoms with E-state index < -0.39 is 23.9 Å². The number of nitrogens with zero attached hydrogens (tertiary/aromatic N) is 4. The average Bonchev–Trinajstić information content (AvgIpc) is 3.24. The van der Waals surface area contributed by atoms with Crippen molar-refractivity contribution in [2.24, 2.45) is 0 Å². The molecule has 0 bridgehead atoms. The van der Waals surface area contributed by atoms with Crippen LogP contribution in [-0.4, -0.2) is 144 Å². The van der Waals surface area contributed by atoms with Crippen LogP contribution in [0.5, 0.6) is 5.75 Å². The molecule has 0 saturated carbocycles. The summed E-state index contributed by atoms with van der Waals surface area (Å²) in [6, 6.07) is 20.3. The lowest BCUT2D eigenvalue weighted by atomic mass is 9.95. The predicted molar refractivity (Wildman–Crippen MR) is 213 cm³/mol. The van der Waals surface area contributed by atoms with E-state index in [1.54, 1.807) is 0 Å². The van der Waals surface area contributed by atoms with E-state index in [4.69, 9.17) is 9.47 Å². The fraction of sp³-hybridized carbons (Fsp3) is 0.465. The van der Waals surface area contributed by atoms with Gasteiger partial charge in [-0.25, -0.2) is 0 Å². The van der Waals surface area contributed by atoms with E-state index in [2.05, 4.69) is 67.3 Å². The molecule has 2 heterocycles. The van der Waals surface area contributed by atoms with Gasteiger partial charge in [-0.05, 0) is 72.7 Å². The zero-order valence-electron chi connectivity index (χ0n) is 32.2. The minimum Gasteiger partial charge on any atom is -0.491 e. The van der Waals surface area contributed by atoms with Crippen molar-refractivity contribution in [2.75, 3.05) is 85.3 Å². The molecular formula is C43H56N4O8. The Balaban J connectivity index is 1.25. The van der Waals surface area contributed by atoms with E-state index in [1.807, 2.05) is 39.0 Å². The van der Waals surface area contributed by atoms with Crippen LogP contribution in [-0.2, 0) is 25.7 Å². The molecule has 12 heteroatoms. The SMILES string of the molecule is Cc1cc(CN2CCCC[C@H]2C(=O)O)c(OCCOCCN2CCN(CC(=O)O)CCN(CC(=O)O)CC2)cc1/C=C/c1cccc(-c2ccccc2)c1C. The molecule has 3 aromatic rings. The molecule has 3 N–H and O–H groups in total. The summed E-state index contributed by atoms with van der Waals surface area (Å²) in [5.74, 6) is -1.89. The Morgan fingerprint density at radius 3 is 2.04 bits per heavy atom. The summed E-state index contributed by atoms with van der Waals surface area (Å²) in [6.07, 6.45) is 6.74. The molecule has 2 aliphatic heterocycles. The van der Waals surface area contributed by atoms with Gasteiger partial charge >= 0.3 is 17.9 Å². The highest BCUT2D eigenvalue weighted by Crippen LogP contribution is 2.31. The molecule has 2 fully saturated rings. The van der Waals surface area contributed by atoms with Crippen molar-refractivity contribution in [3.63, 3.8) is 0 Å². The number of aliphatic carboxylic acids is 3. The number of rotatable bonds is 17. The number of hydrogen-bond acceptors (Lipinski definition) is 9. The Morgan fingerprint density at radius 1 is 0.727 bits per heavy atom. The summed E-state index contributed by atoms with van der Waals surface area (Å²) in [5.41, 5.74) is 7.71. The van der Waals surface area contributed by atoms with E-state index >= 15 is 0 Å². The van der Waals surface area contributed by atoms with Gasteiger partial charge in [0.05, 0.1) is 26.3 Å². The number of piperidine rings is 1. The normalized spacial score (nSPS) is 18.1. The van der Waals surface area contributed by atoms with Crippen molar-refractivity contribution in [3.8, 4) is 16.9 Å². The highest BCUT2D eigenvalue weighted by Gasteiger charge is 2.29. The monoisotopic (exact) mass is 756 g/mol. The maximum atomic E-state index is 12.1. The quantitative estimate of drug-likeness (QED) is 0.125. The Hall–Kier alpha value is -4.59. The highest BCUT2D eigenvalue weighted by atomic mass is 16.5. The molecule has 0 aliphatic carbocycles. The number of hydrogen-bond donors (Lipinski definition) is 3. The summed E-state index contributed by atoms with van der Waals surface area (Å²) >= 11 is 0. The van der Waals surface area contributed by atoms with Gasteiger partial charge in [0.25, 0.3) is 0 Å². The van der Waals surface area contributed by atoms with Crippen molar-refractivity contribution >= 4 is 30.1 Å². The molecule has 0 radical (unpaired) electrons. The number of ether oxygens (including phenoxy) is 2. The largest absolute Gasteiger partial charge is 0.491 e. The summed E-state index contributed by atoms with van der Waals surface area (Å²) < 4.78 is 12.4. The summed E-state index contributed by atoms with van der Waals surface area (Å²) in [4.78, 5) is 42.8. The second kappa shape index (κ2) is 20.9. The smallest absolute Gasteiger partial charge is 0.320 e. The first kappa shape index (κ1) is 41.6. The maximum absolute atomic E-state index is 12.1.